The van der Waals surface area contributed by atoms with Crippen molar-refractivity contribution in [3.8, 4) is 0 Å². The molecule has 0 aromatic rings. The highest BCUT2D eigenvalue weighted by molar-refractivity contribution is 6.04. The normalized spacial score (nSPS) is 39.8. The number of hydrogen-bond acceptors (Lipinski definition) is 2. The molecule has 5 atom stereocenters. The van der Waals surface area contributed by atoms with Crippen molar-refractivity contribution in [2.24, 2.45) is 40.9 Å². The molecule has 3 unspecified atom stereocenters. The third-order valence-corrected chi connectivity index (χ3v) is 6.72. The van der Waals surface area contributed by atoms with Gasteiger partial charge in [-0.1, -0.05) is 45.9 Å². The molecule has 0 aromatic heterocycles. The Balaban J connectivity index is 2.13. The largest absolute Gasteiger partial charge is 0.299 e. The first-order valence-corrected chi connectivity index (χ1v) is 9.09. The van der Waals surface area contributed by atoms with E-state index in [0.29, 0.717) is 30.0 Å². The molecule has 0 heterocycles. The Labute approximate surface area is 140 Å². The molecule has 0 saturated heterocycles. The molecule has 0 aliphatic heterocycles. The maximum absolute atomic E-state index is 13.1. The Morgan fingerprint density at radius 2 is 1.87 bits per heavy atom. The highest BCUT2D eigenvalue weighted by atomic mass is 16.1. The minimum Gasteiger partial charge on any atom is -0.299 e. The SMILES string of the molecule is C=C1CCC(C(C)C)[C@@H]2C=C(C)C(=O)C3CC(C)(C)C(=O)C3[C@@H]12. The third-order valence-electron chi connectivity index (χ3n) is 6.72. The molecule has 2 fully saturated rings. The van der Waals surface area contributed by atoms with Crippen molar-refractivity contribution in [2.45, 2.75) is 53.9 Å². The number of carbonyl (C=O) groups is 2. The van der Waals surface area contributed by atoms with Gasteiger partial charge in [0.05, 0.1) is 0 Å². The van der Waals surface area contributed by atoms with Crippen molar-refractivity contribution in [3.05, 3.63) is 23.8 Å². The first-order chi connectivity index (χ1) is 10.6. The molecule has 0 aromatic carbocycles. The number of fused-ring (bicyclic) bond motifs is 3. The Hall–Kier alpha value is -1.18. The van der Waals surface area contributed by atoms with E-state index < -0.39 is 0 Å². The van der Waals surface area contributed by atoms with Crippen molar-refractivity contribution in [1.82, 2.24) is 0 Å². The van der Waals surface area contributed by atoms with Gasteiger partial charge in [-0.3, -0.25) is 9.59 Å². The molecule has 3 aliphatic rings. The monoisotopic (exact) mass is 314 g/mol. The lowest BCUT2D eigenvalue weighted by atomic mass is 9.61. The lowest BCUT2D eigenvalue weighted by Crippen LogP contribution is -2.40. The van der Waals surface area contributed by atoms with Crippen molar-refractivity contribution in [1.29, 1.82) is 0 Å². The fourth-order valence-electron chi connectivity index (χ4n) is 5.49. The van der Waals surface area contributed by atoms with Crippen molar-refractivity contribution >= 4 is 11.6 Å². The van der Waals surface area contributed by atoms with Crippen LogP contribution in [0.25, 0.3) is 0 Å². The smallest absolute Gasteiger partial charge is 0.162 e. The predicted octanol–water partition coefficient (Wildman–Crippen LogP) is 4.60. The summed E-state index contributed by atoms with van der Waals surface area (Å²) in [5.41, 5.74) is 1.70. The van der Waals surface area contributed by atoms with E-state index in [-0.39, 0.29) is 29.0 Å². The second-order valence-electron chi connectivity index (χ2n) is 9.01. The predicted molar refractivity (Wildman–Crippen MR) is 92.8 cm³/mol. The third kappa shape index (κ3) is 2.45. The standard InChI is InChI=1S/C21H30O2/c1-11(2)14-8-7-12(3)17-15(14)9-13(4)19(22)16-10-21(5,6)20(23)18(16)17/h9,11,14-18H,3,7-8,10H2,1-2,4-6H3/t14?,15-,16?,17-,18?/m0/s1. The lowest BCUT2D eigenvalue weighted by molar-refractivity contribution is -0.131. The van der Waals surface area contributed by atoms with Crippen LogP contribution in [0.1, 0.15) is 53.9 Å². The summed E-state index contributed by atoms with van der Waals surface area (Å²) in [4.78, 5) is 26.1. The Morgan fingerprint density at radius 1 is 1.22 bits per heavy atom. The van der Waals surface area contributed by atoms with Crippen LogP contribution in [0.4, 0.5) is 0 Å². The van der Waals surface area contributed by atoms with E-state index in [1.807, 2.05) is 20.8 Å². The maximum Gasteiger partial charge on any atom is 0.162 e. The summed E-state index contributed by atoms with van der Waals surface area (Å²) in [6.07, 6.45) is 5.02. The van der Waals surface area contributed by atoms with Gasteiger partial charge in [-0.15, -0.1) is 0 Å². The number of rotatable bonds is 1. The van der Waals surface area contributed by atoms with Crippen molar-refractivity contribution < 1.29 is 9.59 Å². The van der Waals surface area contributed by atoms with Gasteiger partial charge in [-0.25, -0.2) is 0 Å². The van der Waals surface area contributed by atoms with Crippen LogP contribution >= 0.6 is 0 Å². The van der Waals surface area contributed by atoms with Crippen LogP contribution in [-0.2, 0) is 9.59 Å². The molecule has 0 amide bonds. The van der Waals surface area contributed by atoms with Crippen LogP contribution in [0.2, 0.25) is 0 Å². The van der Waals surface area contributed by atoms with E-state index in [1.54, 1.807) is 0 Å². The van der Waals surface area contributed by atoms with Gasteiger partial charge in [-0.05, 0) is 55.4 Å². The summed E-state index contributed by atoms with van der Waals surface area (Å²) in [6, 6.07) is 0. The summed E-state index contributed by atoms with van der Waals surface area (Å²) in [7, 11) is 0. The zero-order chi connectivity index (χ0) is 17.1. The van der Waals surface area contributed by atoms with E-state index in [2.05, 4.69) is 26.5 Å². The van der Waals surface area contributed by atoms with Gasteiger partial charge in [0.25, 0.3) is 0 Å². The molecule has 0 bridgehead atoms. The highest BCUT2D eigenvalue weighted by Crippen LogP contribution is 2.56. The van der Waals surface area contributed by atoms with Crippen LogP contribution in [0, 0.1) is 40.9 Å². The molecular weight excluding hydrogens is 284 g/mol. The summed E-state index contributed by atoms with van der Waals surface area (Å²) < 4.78 is 0. The van der Waals surface area contributed by atoms with Gasteiger partial charge in [0.15, 0.2) is 5.78 Å². The molecule has 2 saturated carbocycles. The van der Waals surface area contributed by atoms with Gasteiger partial charge < -0.3 is 0 Å². The van der Waals surface area contributed by atoms with Gasteiger partial charge in [0.1, 0.15) is 5.78 Å². The molecule has 126 valence electrons. The number of carbonyl (C=O) groups excluding carboxylic acids is 2. The first kappa shape index (κ1) is 16.7. The van der Waals surface area contributed by atoms with E-state index in [1.165, 1.54) is 5.57 Å². The van der Waals surface area contributed by atoms with Gasteiger partial charge in [0, 0.05) is 17.3 Å². The van der Waals surface area contributed by atoms with Gasteiger partial charge >= 0.3 is 0 Å². The second kappa shape index (κ2) is 5.43. The van der Waals surface area contributed by atoms with Crippen LogP contribution < -0.4 is 0 Å². The van der Waals surface area contributed by atoms with Crippen LogP contribution in [0.5, 0.6) is 0 Å². The van der Waals surface area contributed by atoms with E-state index >= 15 is 0 Å². The Morgan fingerprint density at radius 3 is 2.48 bits per heavy atom. The second-order valence-corrected chi connectivity index (χ2v) is 9.01. The molecule has 3 aliphatic carbocycles. The lowest BCUT2D eigenvalue weighted by Gasteiger charge is -2.43. The molecule has 2 nitrogen and oxygen atoms in total. The first-order valence-electron chi connectivity index (χ1n) is 9.09. The van der Waals surface area contributed by atoms with Crippen LogP contribution in [0.3, 0.4) is 0 Å². The van der Waals surface area contributed by atoms with E-state index in [0.717, 1.165) is 18.4 Å². The summed E-state index contributed by atoms with van der Waals surface area (Å²) in [5.74, 6) is 1.79. The van der Waals surface area contributed by atoms with Crippen molar-refractivity contribution in [2.75, 3.05) is 0 Å². The molecule has 3 rings (SSSR count). The highest BCUT2D eigenvalue weighted by Gasteiger charge is 2.57. The van der Waals surface area contributed by atoms with E-state index in [4.69, 9.17) is 0 Å². The topological polar surface area (TPSA) is 34.1 Å². The molecule has 0 spiro atoms. The minimum atomic E-state index is -0.377. The average molecular weight is 314 g/mol. The molecule has 23 heavy (non-hydrogen) atoms. The van der Waals surface area contributed by atoms with Gasteiger partial charge in [-0.2, -0.15) is 0 Å². The number of hydrogen-bond donors (Lipinski definition) is 0. The quantitative estimate of drug-likeness (QED) is 0.663. The van der Waals surface area contributed by atoms with Crippen LogP contribution in [0.15, 0.2) is 23.8 Å². The zero-order valence-electron chi connectivity index (χ0n) is 15.2. The Bertz CT molecular complexity index is 593. The fraction of sp³-hybridized carbons (Fsp3) is 0.714. The molecule has 0 N–H and O–H groups in total. The van der Waals surface area contributed by atoms with E-state index in [9.17, 15) is 9.59 Å². The number of ketones is 2. The van der Waals surface area contributed by atoms with Crippen molar-refractivity contribution in [3.63, 3.8) is 0 Å². The fourth-order valence-corrected chi connectivity index (χ4v) is 5.49. The zero-order valence-corrected chi connectivity index (χ0v) is 15.2. The van der Waals surface area contributed by atoms with Gasteiger partial charge in [0.2, 0.25) is 0 Å². The minimum absolute atomic E-state index is 0.133. The Kier molecular flexibility index (Phi) is 3.93. The molecule has 2 heteroatoms. The summed E-state index contributed by atoms with van der Waals surface area (Å²) in [5, 5.41) is 0. The average Bonchev–Trinajstić information content (AvgIpc) is 2.62. The number of allylic oxidation sites excluding steroid dienone is 3. The molecular formula is C21H30O2. The summed E-state index contributed by atoms with van der Waals surface area (Å²) in [6.45, 7) is 14.8. The summed E-state index contributed by atoms with van der Waals surface area (Å²) >= 11 is 0. The number of Topliss-reactive ketones (excluding diaryl/α,β-unsaturated/α-hetero) is 2. The maximum atomic E-state index is 13.1. The van der Waals surface area contributed by atoms with Crippen LogP contribution in [-0.4, -0.2) is 11.6 Å². The molecule has 0 radical (unpaired) electrons.